The van der Waals surface area contributed by atoms with Gasteiger partial charge in [0.1, 0.15) is 0 Å². The van der Waals surface area contributed by atoms with Crippen molar-refractivity contribution < 1.29 is 19.1 Å². The van der Waals surface area contributed by atoms with Gasteiger partial charge in [-0.3, -0.25) is 14.4 Å². The Morgan fingerprint density at radius 1 is 0.846 bits per heavy atom. The Labute approximate surface area is 152 Å². The fraction of sp³-hybridized carbons (Fsp3) is 0.250. The van der Waals surface area contributed by atoms with Crippen LogP contribution >= 0.6 is 0 Å². The van der Waals surface area contributed by atoms with Gasteiger partial charge in [-0.05, 0) is 41.8 Å². The average Bonchev–Trinajstić information content (AvgIpc) is 2.62. The van der Waals surface area contributed by atoms with Crippen LogP contribution in [0.4, 0.5) is 11.4 Å². The van der Waals surface area contributed by atoms with E-state index in [-0.39, 0.29) is 24.8 Å². The van der Waals surface area contributed by atoms with Crippen LogP contribution in [-0.4, -0.2) is 24.4 Å². The Morgan fingerprint density at radius 2 is 1.38 bits per heavy atom. The number of carbonyl (C=O) groups is 3. The second kappa shape index (κ2) is 9.36. The van der Waals surface area contributed by atoms with Crippen molar-refractivity contribution >= 4 is 29.2 Å². The molecule has 0 heterocycles. The molecular weight excluding hydrogens is 332 g/mol. The number of ether oxygens (including phenoxy) is 1. The molecule has 0 fully saturated rings. The Hall–Kier alpha value is -3.15. The lowest BCUT2D eigenvalue weighted by atomic mass is 10.1. The third kappa shape index (κ3) is 6.39. The Bertz CT molecular complexity index is 767. The highest BCUT2D eigenvalue weighted by Gasteiger charge is 2.09. The van der Waals surface area contributed by atoms with Crippen LogP contribution in [0.5, 0.6) is 0 Å². The van der Waals surface area contributed by atoms with Gasteiger partial charge in [-0.1, -0.05) is 31.2 Å². The fourth-order valence-corrected chi connectivity index (χ4v) is 2.29. The van der Waals surface area contributed by atoms with Gasteiger partial charge in [-0.2, -0.15) is 0 Å². The molecule has 26 heavy (non-hydrogen) atoms. The second-order valence-corrected chi connectivity index (χ2v) is 5.81. The first kappa shape index (κ1) is 19.2. The van der Waals surface area contributed by atoms with E-state index in [1.807, 2.05) is 24.3 Å². The van der Waals surface area contributed by atoms with E-state index in [1.165, 1.54) is 12.5 Å². The molecule has 0 aliphatic carbocycles. The summed E-state index contributed by atoms with van der Waals surface area (Å²) in [6, 6.07) is 14.4. The summed E-state index contributed by atoms with van der Waals surface area (Å²) in [6.45, 7) is 3.15. The fourth-order valence-electron chi connectivity index (χ4n) is 2.29. The lowest BCUT2D eigenvalue weighted by Gasteiger charge is -2.08. The van der Waals surface area contributed by atoms with Crippen LogP contribution in [0.2, 0.25) is 0 Å². The van der Waals surface area contributed by atoms with Crippen LogP contribution in [0, 0.1) is 0 Å². The summed E-state index contributed by atoms with van der Waals surface area (Å²) in [6.07, 6.45) is 0.983. The maximum atomic E-state index is 11.8. The van der Waals surface area contributed by atoms with Crippen LogP contribution in [0.15, 0.2) is 48.5 Å². The van der Waals surface area contributed by atoms with E-state index in [0.29, 0.717) is 11.4 Å². The van der Waals surface area contributed by atoms with Crippen molar-refractivity contribution in [2.24, 2.45) is 0 Å². The molecule has 2 aromatic rings. The number of anilines is 2. The molecule has 2 amide bonds. The smallest absolute Gasteiger partial charge is 0.310 e. The molecule has 6 heteroatoms. The van der Waals surface area contributed by atoms with Gasteiger partial charge in [0.2, 0.25) is 5.91 Å². The SMILES string of the molecule is CCc1ccc(NC(=O)COC(=O)Cc2ccc(NC(C)=O)cc2)cc1. The summed E-state index contributed by atoms with van der Waals surface area (Å²) in [5.74, 6) is -1.04. The van der Waals surface area contributed by atoms with Crippen molar-refractivity contribution in [2.75, 3.05) is 17.2 Å². The molecular formula is C20H22N2O4. The van der Waals surface area contributed by atoms with Crippen LogP contribution in [-0.2, 0) is 32.0 Å². The molecule has 136 valence electrons. The summed E-state index contributed by atoms with van der Waals surface area (Å²) < 4.78 is 5.00. The standard InChI is InChI=1S/C20H22N2O4/c1-3-15-4-8-18(9-5-15)22-19(24)13-26-20(25)12-16-6-10-17(11-7-16)21-14(2)23/h4-11H,3,12-13H2,1-2H3,(H,21,23)(H,22,24). The number of amides is 2. The van der Waals surface area contributed by atoms with Crippen molar-refractivity contribution in [1.82, 2.24) is 0 Å². The lowest BCUT2D eigenvalue weighted by Crippen LogP contribution is -2.21. The van der Waals surface area contributed by atoms with E-state index in [2.05, 4.69) is 17.6 Å². The van der Waals surface area contributed by atoms with Crippen LogP contribution in [0.25, 0.3) is 0 Å². The summed E-state index contributed by atoms with van der Waals surface area (Å²) >= 11 is 0. The Balaban J connectivity index is 1.76. The zero-order valence-electron chi connectivity index (χ0n) is 14.9. The molecule has 2 aromatic carbocycles. The zero-order chi connectivity index (χ0) is 18.9. The molecule has 0 aliphatic rings. The lowest BCUT2D eigenvalue weighted by molar-refractivity contribution is -0.146. The van der Waals surface area contributed by atoms with Crippen molar-refractivity contribution in [1.29, 1.82) is 0 Å². The minimum Gasteiger partial charge on any atom is -0.455 e. The number of aryl methyl sites for hydroxylation is 1. The van der Waals surface area contributed by atoms with Crippen molar-refractivity contribution in [2.45, 2.75) is 26.7 Å². The summed E-state index contributed by atoms with van der Waals surface area (Å²) in [5.41, 5.74) is 3.23. The largest absolute Gasteiger partial charge is 0.455 e. The minimum absolute atomic E-state index is 0.0544. The zero-order valence-corrected chi connectivity index (χ0v) is 14.9. The second-order valence-electron chi connectivity index (χ2n) is 5.81. The highest BCUT2D eigenvalue weighted by Crippen LogP contribution is 2.11. The van der Waals surface area contributed by atoms with Gasteiger partial charge in [-0.25, -0.2) is 0 Å². The number of carbonyl (C=O) groups excluding carboxylic acids is 3. The number of hydrogen-bond donors (Lipinski definition) is 2. The number of nitrogens with one attached hydrogen (secondary N) is 2. The van der Waals surface area contributed by atoms with Gasteiger partial charge in [0.25, 0.3) is 5.91 Å². The predicted octanol–water partition coefficient (Wildman–Crippen LogP) is 2.93. The van der Waals surface area contributed by atoms with Crippen LogP contribution < -0.4 is 10.6 Å². The highest BCUT2D eigenvalue weighted by molar-refractivity contribution is 5.93. The first-order valence-electron chi connectivity index (χ1n) is 8.37. The van der Waals surface area contributed by atoms with Crippen molar-refractivity contribution in [3.05, 3.63) is 59.7 Å². The third-order valence-corrected chi connectivity index (χ3v) is 3.63. The summed E-state index contributed by atoms with van der Waals surface area (Å²) in [7, 11) is 0. The van der Waals surface area contributed by atoms with E-state index in [4.69, 9.17) is 4.74 Å². The first-order chi connectivity index (χ1) is 12.5. The van der Waals surface area contributed by atoms with Crippen molar-refractivity contribution in [3.63, 3.8) is 0 Å². The monoisotopic (exact) mass is 354 g/mol. The van der Waals surface area contributed by atoms with Crippen molar-refractivity contribution in [3.8, 4) is 0 Å². The molecule has 0 radical (unpaired) electrons. The van der Waals surface area contributed by atoms with Gasteiger partial charge in [-0.15, -0.1) is 0 Å². The molecule has 6 nitrogen and oxygen atoms in total. The maximum absolute atomic E-state index is 11.8. The molecule has 0 bridgehead atoms. The molecule has 2 rings (SSSR count). The van der Waals surface area contributed by atoms with Gasteiger partial charge < -0.3 is 15.4 Å². The maximum Gasteiger partial charge on any atom is 0.310 e. The van der Waals surface area contributed by atoms with Gasteiger partial charge in [0, 0.05) is 18.3 Å². The average molecular weight is 354 g/mol. The molecule has 0 saturated heterocycles. The molecule has 0 atom stereocenters. The van der Waals surface area contributed by atoms with E-state index in [9.17, 15) is 14.4 Å². The molecule has 0 saturated carbocycles. The minimum atomic E-state index is -0.492. The number of hydrogen-bond acceptors (Lipinski definition) is 4. The normalized spacial score (nSPS) is 10.1. The quantitative estimate of drug-likeness (QED) is 0.749. The predicted molar refractivity (Wildman–Crippen MR) is 99.9 cm³/mol. The van der Waals surface area contributed by atoms with Gasteiger partial charge in [0.05, 0.1) is 6.42 Å². The molecule has 2 N–H and O–H groups in total. The van der Waals surface area contributed by atoms with E-state index >= 15 is 0 Å². The first-order valence-corrected chi connectivity index (χ1v) is 8.37. The van der Waals surface area contributed by atoms with Gasteiger partial charge >= 0.3 is 5.97 Å². The van der Waals surface area contributed by atoms with E-state index < -0.39 is 5.97 Å². The third-order valence-electron chi connectivity index (χ3n) is 3.63. The summed E-state index contributed by atoms with van der Waals surface area (Å²) in [4.78, 5) is 34.7. The topological polar surface area (TPSA) is 84.5 Å². The molecule has 0 aromatic heterocycles. The number of esters is 1. The number of benzene rings is 2. The van der Waals surface area contributed by atoms with Gasteiger partial charge in [0.15, 0.2) is 6.61 Å². The molecule has 0 unspecified atom stereocenters. The molecule has 0 aliphatic heterocycles. The van der Waals surface area contributed by atoms with Crippen LogP contribution in [0.3, 0.4) is 0 Å². The Morgan fingerprint density at radius 3 is 1.92 bits per heavy atom. The van der Waals surface area contributed by atoms with Crippen LogP contribution in [0.1, 0.15) is 25.0 Å². The van der Waals surface area contributed by atoms with E-state index in [0.717, 1.165) is 12.0 Å². The summed E-state index contributed by atoms with van der Waals surface area (Å²) in [5, 5.41) is 5.33. The number of rotatable bonds is 7. The molecule has 0 spiro atoms. The van der Waals surface area contributed by atoms with E-state index in [1.54, 1.807) is 24.3 Å². The Kier molecular flexibility index (Phi) is 6.91. The highest BCUT2D eigenvalue weighted by atomic mass is 16.5.